The lowest BCUT2D eigenvalue weighted by Crippen LogP contribution is -2.77. The van der Waals surface area contributed by atoms with Crippen LogP contribution in [0.5, 0.6) is 11.5 Å². The van der Waals surface area contributed by atoms with Gasteiger partial charge in [0.2, 0.25) is 5.91 Å². The zero-order chi connectivity index (χ0) is 38.5. The van der Waals surface area contributed by atoms with Gasteiger partial charge in [-0.15, -0.1) is 0 Å². The minimum Gasteiger partial charge on any atom is -0.490 e. The van der Waals surface area contributed by atoms with Crippen molar-refractivity contribution in [3.63, 3.8) is 0 Å². The van der Waals surface area contributed by atoms with E-state index in [-0.39, 0.29) is 41.3 Å². The molecule has 2 aromatic carbocycles. The lowest BCUT2D eigenvalue weighted by molar-refractivity contribution is -0.216. The fourth-order valence-corrected chi connectivity index (χ4v) is 9.16. The van der Waals surface area contributed by atoms with Gasteiger partial charge in [-0.1, -0.05) is 39.3 Å². The number of piperidine rings is 1. The number of likely N-dealkylation sites (tertiary alicyclic amines) is 1. The number of amides is 4. The number of ether oxygens (including phenoxy) is 2. The summed E-state index contributed by atoms with van der Waals surface area (Å²) in [7, 11) is 0. The molecule has 7 rings (SSSR count). The first-order valence-corrected chi connectivity index (χ1v) is 18.4. The first kappa shape index (κ1) is 37.2. The Morgan fingerprint density at radius 2 is 1.67 bits per heavy atom. The molecule has 0 radical (unpaired) electrons. The third-order valence-electron chi connectivity index (χ3n) is 11.2. The highest BCUT2D eigenvalue weighted by molar-refractivity contribution is 6.31. The van der Waals surface area contributed by atoms with Crippen molar-refractivity contribution < 1.29 is 33.0 Å². The molecular weight excluding hydrogens is 717 g/mol. The first-order chi connectivity index (χ1) is 25.7. The van der Waals surface area contributed by atoms with Crippen LogP contribution in [-0.4, -0.2) is 106 Å². The van der Waals surface area contributed by atoms with E-state index in [4.69, 9.17) is 21.1 Å². The van der Waals surface area contributed by atoms with Crippen LogP contribution < -0.4 is 14.4 Å². The number of aromatic nitrogens is 2. The summed E-state index contributed by atoms with van der Waals surface area (Å²) in [6.45, 7) is 11.7. The standard InChI is InChI=1S/C39H41ClFN7O6/c1-38(2)36(39(3,4)37(38)54-24-7-6-23(21-42)27(40)18-24)48-32(49)9-8-29(35(48)52)47-33(50)25-19-28(41)30(20-26(25)34(47)51)53-17-5-12-45-13-15-46(16-14-45)31-22-43-10-11-44-31/h6-7,10-11,18-20,22,29,36-37H,5,8-9,12-17H2,1-4H3. The number of halogens is 2. The zero-order valence-electron chi connectivity index (χ0n) is 30.6. The molecule has 0 bridgehead atoms. The van der Waals surface area contributed by atoms with Gasteiger partial charge in [-0.2, -0.15) is 5.26 Å². The Kier molecular flexibility index (Phi) is 9.82. The lowest BCUT2D eigenvalue weighted by Gasteiger charge is -2.65. The molecule has 4 amide bonds. The van der Waals surface area contributed by atoms with Crippen molar-refractivity contribution in [3.05, 3.63) is 76.5 Å². The van der Waals surface area contributed by atoms with Crippen molar-refractivity contribution in [3.8, 4) is 17.6 Å². The molecule has 1 saturated carbocycles. The highest BCUT2D eigenvalue weighted by atomic mass is 35.5. The van der Waals surface area contributed by atoms with Gasteiger partial charge in [0.1, 0.15) is 29.8 Å². The van der Waals surface area contributed by atoms with Gasteiger partial charge >= 0.3 is 0 Å². The van der Waals surface area contributed by atoms with Gasteiger partial charge < -0.3 is 14.4 Å². The number of fused-ring (bicyclic) bond motifs is 1. The van der Waals surface area contributed by atoms with Crippen LogP contribution >= 0.6 is 11.6 Å². The lowest BCUT2D eigenvalue weighted by atomic mass is 9.48. The quantitative estimate of drug-likeness (QED) is 0.209. The van der Waals surface area contributed by atoms with Gasteiger partial charge in [-0.25, -0.2) is 9.37 Å². The van der Waals surface area contributed by atoms with Crippen molar-refractivity contribution in [2.75, 3.05) is 44.2 Å². The molecule has 3 aromatic rings. The maximum Gasteiger partial charge on any atom is 0.262 e. The van der Waals surface area contributed by atoms with Crippen molar-refractivity contribution in [2.24, 2.45) is 10.8 Å². The summed E-state index contributed by atoms with van der Waals surface area (Å²) in [6.07, 6.45) is 5.09. The molecular formula is C39H41ClFN7O6. The van der Waals surface area contributed by atoms with Crippen LogP contribution in [-0.2, 0) is 9.59 Å². The number of hydrogen-bond donors (Lipinski definition) is 0. The van der Waals surface area contributed by atoms with Crippen molar-refractivity contribution in [1.29, 1.82) is 5.26 Å². The third kappa shape index (κ3) is 6.43. The summed E-state index contributed by atoms with van der Waals surface area (Å²) in [6, 6.07) is 7.11. The third-order valence-corrected chi connectivity index (χ3v) is 11.5. The highest BCUT2D eigenvalue weighted by Gasteiger charge is 2.68. The number of nitriles is 1. The molecule has 4 heterocycles. The summed E-state index contributed by atoms with van der Waals surface area (Å²) >= 11 is 6.24. The Hall–Kier alpha value is -5.13. The normalized spacial score (nSPS) is 23.6. The fourth-order valence-electron chi connectivity index (χ4n) is 8.95. The van der Waals surface area contributed by atoms with Gasteiger partial charge in [0, 0.05) is 68.4 Å². The molecule has 4 aliphatic rings. The van der Waals surface area contributed by atoms with Crippen LogP contribution in [0.4, 0.5) is 10.2 Å². The maximum absolute atomic E-state index is 15.3. The largest absolute Gasteiger partial charge is 0.490 e. The molecule has 0 N–H and O–H groups in total. The van der Waals surface area contributed by atoms with E-state index < -0.39 is 58.5 Å². The Bertz CT molecular complexity index is 2030. The monoisotopic (exact) mass is 757 g/mol. The minimum absolute atomic E-state index is 0.0459. The summed E-state index contributed by atoms with van der Waals surface area (Å²) < 4.78 is 27.4. The van der Waals surface area contributed by atoms with E-state index in [0.717, 1.165) is 49.5 Å². The molecule has 282 valence electrons. The number of carbonyl (C=O) groups is 4. The Morgan fingerprint density at radius 1 is 0.963 bits per heavy atom. The summed E-state index contributed by atoms with van der Waals surface area (Å²) in [5.41, 5.74) is -1.39. The van der Waals surface area contributed by atoms with Gasteiger partial charge in [-0.05, 0) is 37.1 Å². The number of rotatable bonds is 10. The Labute approximate surface area is 317 Å². The van der Waals surface area contributed by atoms with Crippen molar-refractivity contribution in [1.82, 2.24) is 24.7 Å². The topological polar surface area (TPSA) is 149 Å². The molecule has 1 aliphatic carbocycles. The van der Waals surface area contributed by atoms with E-state index in [1.165, 1.54) is 11.0 Å². The molecule has 1 aromatic heterocycles. The molecule has 3 fully saturated rings. The van der Waals surface area contributed by atoms with Gasteiger partial charge in [0.15, 0.2) is 11.6 Å². The average Bonchev–Trinajstić information content (AvgIpc) is 3.38. The van der Waals surface area contributed by atoms with Crippen molar-refractivity contribution >= 4 is 41.0 Å². The van der Waals surface area contributed by atoms with Crippen LogP contribution in [0.25, 0.3) is 0 Å². The van der Waals surface area contributed by atoms with Gasteiger partial charge in [-0.3, -0.25) is 38.9 Å². The van der Waals surface area contributed by atoms with E-state index in [9.17, 15) is 24.4 Å². The van der Waals surface area contributed by atoms with Crippen LogP contribution in [0.15, 0.2) is 48.9 Å². The average molecular weight is 758 g/mol. The van der Waals surface area contributed by atoms with E-state index in [1.54, 1.807) is 36.8 Å². The number of benzene rings is 2. The second-order valence-corrected chi connectivity index (χ2v) is 15.8. The molecule has 3 aliphatic heterocycles. The second-order valence-electron chi connectivity index (χ2n) is 15.4. The Morgan fingerprint density at radius 3 is 2.31 bits per heavy atom. The molecule has 0 spiro atoms. The molecule has 54 heavy (non-hydrogen) atoms. The van der Waals surface area contributed by atoms with E-state index in [2.05, 4.69) is 19.8 Å². The van der Waals surface area contributed by atoms with Crippen LogP contribution in [0.2, 0.25) is 5.02 Å². The fraction of sp³-hybridized carbons (Fsp3) is 0.462. The number of piperazine rings is 1. The van der Waals surface area contributed by atoms with E-state index >= 15 is 4.39 Å². The summed E-state index contributed by atoms with van der Waals surface area (Å²) in [4.78, 5) is 70.2. The van der Waals surface area contributed by atoms with E-state index in [1.807, 2.05) is 33.8 Å². The summed E-state index contributed by atoms with van der Waals surface area (Å²) in [5, 5.41) is 9.48. The van der Waals surface area contributed by atoms with E-state index in [0.29, 0.717) is 17.7 Å². The molecule has 15 heteroatoms. The van der Waals surface area contributed by atoms with Crippen LogP contribution in [0, 0.1) is 28.0 Å². The minimum atomic E-state index is -1.25. The number of anilines is 1. The predicted molar refractivity (Wildman–Crippen MR) is 195 cm³/mol. The van der Waals surface area contributed by atoms with Crippen LogP contribution in [0.3, 0.4) is 0 Å². The summed E-state index contributed by atoms with van der Waals surface area (Å²) in [5.74, 6) is -2.25. The van der Waals surface area contributed by atoms with Gasteiger partial charge in [0.25, 0.3) is 17.7 Å². The number of imide groups is 2. The molecule has 2 saturated heterocycles. The number of nitrogens with zero attached hydrogens (tertiary/aromatic N) is 7. The second kappa shape index (κ2) is 14.3. The number of carbonyl (C=O) groups excluding carboxylic acids is 4. The molecule has 1 unspecified atom stereocenters. The SMILES string of the molecule is CC1(C)C(Oc2ccc(C#N)c(Cl)c2)C(C)(C)C1N1C(=O)CCC(N2C(=O)c3cc(F)c(OCCCN4CCN(c5cnccn5)CC4)cc3C2=O)C1=O. The maximum atomic E-state index is 15.3. The molecule has 13 nitrogen and oxygen atoms in total. The number of hydrogen-bond acceptors (Lipinski definition) is 11. The van der Waals surface area contributed by atoms with Crippen molar-refractivity contribution in [2.45, 2.75) is 65.1 Å². The van der Waals surface area contributed by atoms with Gasteiger partial charge in [0.05, 0.1) is 40.6 Å². The first-order valence-electron chi connectivity index (χ1n) is 18.0. The highest BCUT2D eigenvalue weighted by Crippen LogP contribution is 2.58. The smallest absolute Gasteiger partial charge is 0.262 e. The zero-order valence-corrected chi connectivity index (χ0v) is 31.3. The molecule has 1 atom stereocenters. The van der Waals surface area contributed by atoms with Crippen LogP contribution in [0.1, 0.15) is 73.2 Å². The predicted octanol–water partition coefficient (Wildman–Crippen LogP) is 4.73. The Balaban J connectivity index is 0.995.